The third kappa shape index (κ3) is 16.9. The van der Waals surface area contributed by atoms with Crippen LogP contribution in [0.5, 0.6) is 5.75 Å². The van der Waals surface area contributed by atoms with E-state index in [2.05, 4.69) is 31.9 Å². The van der Waals surface area contributed by atoms with Crippen molar-refractivity contribution in [1.29, 1.82) is 0 Å². The van der Waals surface area contributed by atoms with Gasteiger partial charge < -0.3 is 78.3 Å². The lowest BCUT2D eigenvalue weighted by Gasteiger charge is -2.38. The van der Waals surface area contributed by atoms with Crippen molar-refractivity contribution in [3.05, 3.63) is 53.6 Å². The van der Waals surface area contributed by atoms with E-state index in [-0.39, 0.29) is 100 Å². The summed E-state index contributed by atoms with van der Waals surface area (Å²) >= 11 is 0. The van der Waals surface area contributed by atoms with Crippen molar-refractivity contribution in [2.45, 2.75) is 76.5 Å². The van der Waals surface area contributed by atoms with E-state index in [0.717, 1.165) is 12.0 Å². The first kappa shape index (κ1) is 58.1. The summed E-state index contributed by atoms with van der Waals surface area (Å²) in [6.07, 6.45) is 9.09. The van der Waals surface area contributed by atoms with Crippen LogP contribution in [-0.4, -0.2) is 192 Å². The molecule has 27 heteroatoms. The van der Waals surface area contributed by atoms with Gasteiger partial charge in [0.25, 0.3) is 0 Å². The number of carboxylic acids is 2. The highest BCUT2D eigenvalue weighted by atomic mass is 35.5. The normalized spacial score (nSPS) is 15.9. The summed E-state index contributed by atoms with van der Waals surface area (Å²) in [6.45, 7) is 8.88. The first-order chi connectivity index (χ1) is 35.2. The average Bonchev–Trinajstić information content (AvgIpc) is 4.10. The van der Waals surface area contributed by atoms with Gasteiger partial charge >= 0.3 is 11.9 Å². The number of carbonyl (C=O) groups is 4. The number of hydrogen-bond donors (Lipinski definition) is 6. The first-order valence-corrected chi connectivity index (χ1v) is 24.5. The molecule has 2 amide bonds. The summed E-state index contributed by atoms with van der Waals surface area (Å²) in [5, 5.41) is 48.9. The van der Waals surface area contributed by atoms with E-state index in [9.17, 15) is 34.5 Å². The number of nitrogens with one attached hydrogen (secondary N) is 1. The van der Waals surface area contributed by atoms with Crippen LogP contribution in [0.4, 0.5) is 17.8 Å². The Morgan fingerprint density at radius 3 is 1.72 bits per heavy atom. The number of nitrogens with two attached hydrogens (primary N) is 2. The fraction of sp³-hybridized carbons (Fsp3) is 0.596. The maximum absolute atomic E-state index is 14.2. The standard InChI is InChI=1S/C47H68N16O10.ClH/c1-4-23-71-25-27-73-28-26-72-24-14-50-45-51-46(53-47(52-45)61-21-17-59(18-22-61)44(70)39(11-13-41(67)68)63-31-37(55-57-63)42(49)32(3)5-2)60-19-15-58(16-20-60)43(69)38(10-12-40(65)66)62-30-36(54-56-62)35(48)29-33-6-8-34(64)9-7-33;/h1,6-9,30-32,35,38-39,42,64H,5,10-29,48-49H2,2-3H3,(H,65,66)(H,67,68)(H,50,51,52,53);1H/p-1/t32-,35?,38+,39+,42?;/m1./s1. The molecule has 404 valence electrons. The molecule has 0 bridgehead atoms. The second kappa shape index (κ2) is 29.2. The Bertz CT molecular complexity index is 2440. The lowest BCUT2D eigenvalue weighted by molar-refractivity contribution is -0.140. The minimum Gasteiger partial charge on any atom is -1.00 e. The molecule has 1 aromatic carbocycles. The number of benzene rings is 1. The monoisotopic (exact) mass is 1050 g/mol. The van der Waals surface area contributed by atoms with Crippen molar-refractivity contribution < 1.29 is 61.1 Å². The Kier molecular flexibility index (Phi) is 22.9. The van der Waals surface area contributed by atoms with Crippen LogP contribution < -0.4 is 39.0 Å². The van der Waals surface area contributed by atoms with Gasteiger partial charge in [-0.1, -0.05) is 48.7 Å². The predicted molar refractivity (Wildman–Crippen MR) is 264 cm³/mol. The van der Waals surface area contributed by atoms with E-state index in [1.807, 2.05) is 23.6 Å². The van der Waals surface area contributed by atoms with Crippen LogP contribution in [0.25, 0.3) is 0 Å². The van der Waals surface area contributed by atoms with E-state index in [0.29, 0.717) is 95.5 Å². The van der Waals surface area contributed by atoms with Crippen molar-refractivity contribution in [2.75, 3.05) is 114 Å². The van der Waals surface area contributed by atoms with Crippen LogP contribution in [-0.2, 0) is 39.8 Å². The molecule has 0 radical (unpaired) electrons. The highest BCUT2D eigenvalue weighted by Gasteiger charge is 2.34. The highest BCUT2D eigenvalue weighted by Crippen LogP contribution is 2.26. The molecule has 2 aliphatic rings. The number of halogens is 1. The van der Waals surface area contributed by atoms with Gasteiger partial charge in [0, 0.05) is 71.7 Å². The Hall–Kier alpha value is -6.76. The van der Waals surface area contributed by atoms with Crippen LogP contribution >= 0.6 is 0 Å². The maximum Gasteiger partial charge on any atom is 0.303 e. The van der Waals surface area contributed by atoms with Crippen molar-refractivity contribution in [2.24, 2.45) is 17.4 Å². The average molecular weight is 1050 g/mol. The van der Waals surface area contributed by atoms with Crippen LogP contribution in [0.2, 0.25) is 0 Å². The molecule has 2 fully saturated rings. The van der Waals surface area contributed by atoms with Crippen molar-refractivity contribution >= 4 is 41.6 Å². The number of piperazine rings is 2. The molecule has 0 aliphatic carbocycles. The van der Waals surface area contributed by atoms with Gasteiger partial charge in [-0.15, -0.1) is 16.6 Å². The number of rotatable bonds is 29. The number of aromatic nitrogens is 9. The van der Waals surface area contributed by atoms with E-state index in [4.69, 9.17) is 47.1 Å². The molecule has 3 aromatic heterocycles. The van der Waals surface area contributed by atoms with Crippen molar-refractivity contribution in [3.8, 4) is 18.1 Å². The van der Waals surface area contributed by atoms with Crippen LogP contribution in [0.1, 0.15) is 87.1 Å². The molecule has 2 saturated heterocycles. The number of aromatic hydroxyl groups is 1. The second-order valence-corrected chi connectivity index (χ2v) is 17.8. The fourth-order valence-corrected chi connectivity index (χ4v) is 8.20. The van der Waals surface area contributed by atoms with E-state index < -0.39 is 36.1 Å². The van der Waals surface area contributed by atoms with Gasteiger partial charge in [-0.3, -0.25) is 19.2 Å². The molecule has 26 nitrogen and oxygen atoms in total. The second-order valence-electron chi connectivity index (χ2n) is 17.8. The Labute approximate surface area is 435 Å². The van der Waals surface area contributed by atoms with Gasteiger partial charge in [0.05, 0.1) is 68.9 Å². The number of phenols is 1. The van der Waals surface area contributed by atoms with Crippen LogP contribution in [0, 0.1) is 18.3 Å². The lowest BCUT2D eigenvalue weighted by atomic mass is 9.98. The minimum absolute atomic E-state index is 0. The molecule has 4 aromatic rings. The number of nitrogens with zero attached hydrogens (tertiary/aromatic N) is 13. The topological polar surface area (TPSA) is 334 Å². The number of carboxylic acid groups (broad SMARTS) is 2. The van der Waals surface area contributed by atoms with Gasteiger partial charge in [-0.05, 0) is 42.9 Å². The molecule has 6 rings (SSSR count). The molecule has 2 unspecified atom stereocenters. The number of amides is 2. The van der Waals surface area contributed by atoms with Crippen molar-refractivity contribution in [1.82, 2.24) is 54.7 Å². The smallest absolute Gasteiger partial charge is 0.303 e. The number of aliphatic carboxylic acids is 2. The largest absolute Gasteiger partial charge is 1.00 e. The molecule has 0 spiro atoms. The number of hydrogen-bond acceptors (Lipinski definition) is 20. The van der Waals surface area contributed by atoms with E-state index >= 15 is 0 Å². The molecule has 5 atom stereocenters. The maximum atomic E-state index is 14.2. The summed E-state index contributed by atoms with van der Waals surface area (Å²) in [5.41, 5.74) is 14.7. The number of terminal acetylenes is 1. The molecule has 5 heterocycles. The lowest BCUT2D eigenvalue weighted by Crippen LogP contribution is -3.00. The van der Waals surface area contributed by atoms with E-state index in [1.54, 1.807) is 46.5 Å². The summed E-state index contributed by atoms with van der Waals surface area (Å²) < 4.78 is 19.3. The van der Waals surface area contributed by atoms with Gasteiger partial charge in [-0.2, -0.15) is 15.0 Å². The molecule has 8 N–H and O–H groups in total. The Balaban J connectivity index is 0.0000101. The predicted octanol–water partition coefficient (Wildman–Crippen LogP) is -2.34. The highest BCUT2D eigenvalue weighted by molar-refractivity contribution is 5.82. The zero-order chi connectivity index (χ0) is 52.3. The van der Waals surface area contributed by atoms with Crippen LogP contribution in [0.15, 0.2) is 36.7 Å². The summed E-state index contributed by atoms with van der Waals surface area (Å²) in [6, 6.07) is 3.82. The number of carbonyl (C=O) groups excluding carboxylic acids is 2. The SMILES string of the molecule is C#CCOCCOCCOCCNc1nc(N2CCN(C(=O)[C@H](CCC(=O)O)n3cc(C(N)Cc4ccc(O)cc4)nn3)CC2)nc(N2CCN(C(=O)[C@H](CCC(=O)O)n3cc(C(N)[C@H](C)CC)nn3)CC2)n1.[Cl-]. The van der Waals surface area contributed by atoms with Gasteiger partial charge in [0.2, 0.25) is 29.7 Å². The van der Waals surface area contributed by atoms with E-state index in [1.165, 1.54) is 9.36 Å². The quantitative estimate of drug-likeness (QED) is 0.0245. The van der Waals surface area contributed by atoms with Gasteiger partial charge in [0.1, 0.15) is 24.4 Å². The van der Waals surface area contributed by atoms with Crippen LogP contribution in [0.3, 0.4) is 0 Å². The molecular weight excluding hydrogens is 984 g/mol. The fourth-order valence-electron chi connectivity index (χ4n) is 8.20. The molecule has 2 aliphatic heterocycles. The summed E-state index contributed by atoms with van der Waals surface area (Å²) in [7, 11) is 0. The van der Waals surface area contributed by atoms with Crippen molar-refractivity contribution in [3.63, 3.8) is 0 Å². The molecule has 0 saturated carbocycles. The third-order valence-electron chi connectivity index (χ3n) is 12.7. The zero-order valence-electron chi connectivity index (χ0n) is 41.8. The first-order valence-electron chi connectivity index (χ1n) is 24.5. The Morgan fingerprint density at radius 1 is 0.730 bits per heavy atom. The zero-order valence-corrected chi connectivity index (χ0v) is 42.6. The number of ether oxygens (including phenoxy) is 3. The third-order valence-corrected chi connectivity index (χ3v) is 12.7. The number of anilines is 3. The molecular formula is C47H68ClN16O10-. The summed E-state index contributed by atoms with van der Waals surface area (Å²) in [5.74, 6) is 0.961. The summed E-state index contributed by atoms with van der Waals surface area (Å²) in [4.78, 5) is 73.3. The minimum atomic E-state index is -1.06. The number of phenolic OH excluding ortho intramolecular Hbond substituents is 1. The molecule has 74 heavy (non-hydrogen) atoms. The van der Waals surface area contributed by atoms with Gasteiger partial charge in [-0.25, -0.2) is 9.36 Å². The van der Waals surface area contributed by atoms with Gasteiger partial charge in [0.15, 0.2) is 0 Å². The Morgan fingerprint density at radius 2 is 1.22 bits per heavy atom.